The number of nitrogens with zero attached hydrogens (tertiary/aromatic N) is 2. The third kappa shape index (κ3) is 4.86. The molecule has 128 valence electrons. The van der Waals surface area contributed by atoms with Gasteiger partial charge in [-0.05, 0) is 35.6 Å². The van der Waals surface area contributed by atoms with Crippen molar-refractivity contribution in [3.05, 3.63) is 60.8 Å². The largest absolute Gasteiger partial charge is 0.342 e. The van der Waals surface area contributed by atoms with Gasteiger partial charge in [0, 0.05) is 25.2 Å². The first-order chi connectivity index (χ1) is 12.4. The lowest BCUT2D eigenvalue weighted by Crippen LogP contribution is -1.89. The van der Waals surface area contributed by atoms with Crippen molar-refractivity contribution in [3.8, 4) is 22.4 Å². The highest BCUT2D eigenvalue weighted by atomic mass is 16.1. The van der Waals surface area contributed by atoms with E-state index in [0.29, 0.717) is 6.42 Å². The number of aromatic amines is 1. The number of rotatable bonds is 9. The number of unbranched alkanes of at least 4 members (excludes halogenated alkanes) is 4. The molecule has 0 fully saturated rings. The van der Waals surface area contributed by atoms with Crippen molar-refractivity contribution in [2.45, 2.75) is 38.5 Å². The van der Waals surface area contributed by atoms with Crippen LogP contribution in [0.5, 0.6) is 0 Å². The van der Waals surface area contributed by atoms with Gasteiger partial charge in [0.25, 0.3) is 0 Å². The second-order valence-corrected chi connectivity index (χ2v) is 6.18. The van der Waals surface area contributed by atoms with E-state index in [1.165, 1.54) is 0 Å². The monoisotopic (exact) mass is 333 g/mol. The van der Waals surface area contributed by atoms with Gasteiger partial charge in [0.05, 0.1) is 11.9 Å². The highest BCUT2D eigenvalue weighted by Crippen LogP contribution is 2.23. The number of carbonyl (C=O) groups excluding carboxylic acids is 1. The molecule has 4 heteroatoms. The first-order valence-electron chi connectivity index (χ1n) is 8.85. The van der Waals surface area contributed by atoms with Crippen molar-refractivity contribution < 1.29 is 4.79 Å². The van der Waals surface area contributed by atoms with Gasteiger partial charge in [-0.2, -0.15) is 0 Å². The molecule has 1 N–H and O–H groups in total. The topological polar surface area (TPSA) is 58.6 Å². The van der Waals surface area contributed by atoms with Gasteiger partial charge in [-0.15, -0.1) is 0 Å². The Morgan fingerprint density at radius 1 is 0.880 bits per heavy atom. The van der Waals surface area contributed by atoms with E-state index in [2.05, 4.69) is 45.3 Å². The normalized spacial score (nSPS) is 10.7. The zero-order chi connectivity index (χ0) is 17.3. The number of hydrogen-bond acceptors (Lipinski definition) is 3. The highest BCUT2D eigenvalue weighted by Gasteiger charge is 2.04. The van der Waals surface area contributed by atoms with Gasteiger partial charge in [-0.25, -0.2) is 4.98 Å². The maximum atomic E-state index is 10.3. The fraction of sp³-hybridized carbons (Fsp3) is 0.286. The molecule has 0 aliphatic carbocycles. The first-order valence-corrected chi connectivity index (χ1v) is 8.85. The molecule has 0 saturated carbocycles. The van der Waals surface area contributed by atoms with E-state index in [1.54, 1.807) is 6.20 Å². The van der Waals surface area contributed by atoms with E-state index in [1.807, 2.05) is 18.5 Å². The SMILES string of the molecule is O=CCCCCCCc1ncc(-c2ccc(-c3cccnc3)cc2)[nH]1. The zero-order valence-corrected chi connectivity index (χ0v) is 14.3. The van der Waals surface area contributed by atoms with Crippen molar-refractivity contribution in [1.82, 2.24) is 15.0 Å². The number of aldehydes is 1. The van der Waals surface area contributed by atoms with Crippen LogP contribution in [0.25, 0.3) is 22.4 Å². The van der Waals surface area contributed by atoms with E-state index in [9.17, 15) is 4.79 Å². The van der Waals surface area contributed by atoms with Crippen LogP contribution in [0.4, 0.5) is 0 Å². The molecule has 2 heterocycles. The molecule has 1 aromatic carbocycles. The van der Waals surface area contributed by atoms with Crippen LogP contribution >= 0.6 is 0 Å². The lowest BCUT2D eigenvalue weighted by molar-refractivity contribution is -0.107. The number of aryl methyl sites for hydroxylation is 1. The number of hydrogen-bond donors (Lipinski definition) is 1. The third-order valence-corrected chi connectivity index (χ3v) is 4.30. The molecule has 0 atom stereocenters. The van der Waals surface area contributed by atoms with E-state index in [-0.39, 0.29) is 0 Å². The predicted octanol–water partition coefficient (Wildman–Crippen LogP) is 4.83. The number of carbonyl (C=O) groups is 1. The zero-order valence-electron chi connectivity index (χ0n) is 14.3. The molecule has 0 unspecified atom stereocenters. The van der Waals surface area contributed by atoms with Crippen LogP contribution < -0.4 is 0 Å². The van der Waals surface area contributed by atoms with E-state index >= 15 is 0 Å². The molecule has 3 aromatic rings. The highest BCUT2D eigenvalue weighted by molar-refractivity contribution is 5.68. The Kier molecular flexibility index (Phi) is 6.10. The minimum atomic E-state index is 0.680. The Morgan fingerprint density at radius 2 is 1.68 bits per heavy atom. The van der Waals surface area contributed by atoms with Gasteiger partial charge in [0.15, 0.2) is 0 Å². The van der Waals surface area contributed by atoms with Crippen molar-refractivity contribution in [2.75, 3.05) is 0 Å². The third-order valence-electron chi connectivity index (χ3n) is 4.30. The van der Waals surface area contributed by atoms with Gasteiger partial charge in [0.2, 0.25) is 0 Å². The molecule has 3 rings (SSSR count). The molecule has 0 amide bonds. The molecule has 0 aliphatic heterocycles. The summed E-state index contributed by atoms with van der Waals surface area (Å²) in [5.74, 6) is 1.03. The van der Waals surface area contributed by atoms with Crippen LogP contribution in [-0.2, 0) is 11.2 Å². The van der Waals surface area contributed by atoms with Crippen LogP contribution in [-0.4, -0.2) is 21.2 Å². The average molecular weight is 333 g/mol. The summed E-state index contributed by atoms with van der Waals surface area (Å²) in [5.41, 5.74) is 4.46. The summed E-state index contributed by atoms with van der Waals surface area (Å²) < 4.78 is 0. The minimum absolute atomic E-state index is 0.680. The summed E-state index contributed by atoms with van der Waals surface area (Å²) in [6, 6.07) is 12.5. The summed E-state index contributed by atoms with van der Waals surface area (Å²) in [4.78, 5) is 22.3. The van der Waals surface area contributed by atoms with Crippen LogP contribution in [0.3, 0.4) is 0 Å². The van der Waals surface area contributed by atoms with E-state index < -0.39 is 0 Å². The second kappa shape index (κ2) is 8.92. The van der Waals surface area contributed by atoms with E-state index in [4.69, 9.17) is 0 Å². The fourth-order valence-corrected chi connectivity index (χ4v) is 2.89. The lowest BCUT2D eigenvalue weighted by atomic mass is 10.0. The Hall–Kier alpha value is -2.75. The summed E-state index contributed by atoms with van der Waals surface area (Å²) in [6.07, 6.45) is 12.5. The molecular weight excluding hydrogens is 310 g/mol. The van der Waals surface area contributed by atoms with Crippen LogP contribution in [0.1, 0.15) is 37.9 Å². The Bertz CT molecular complexity index is 778. The number of benzene rings is 1. The maximum absolute atomic E-state index is 10.3. The van der Waals surface area contributed by atoms with Crippen LogP contribution in [0.2, 0.25) is 0 Å². The number of H-pyrrole nitrogens is 1. The van der Waals surface area contributed by atoms with E-state index in [0.717, 1.165) is 66.6 Å². The fourth-order valence-electron chi connectivity index (χ4n) is 2.89. The van der Waals surface area contributed by atoms with Gasteiger partial charge in [-0.1, -0.05) is 43.2 Å². The first kappa shape index (κ1) is 17.1. The summed E-state index contributed by atoms with van der Waals surface area (Å²) in [7, 11) is 0. The standard InChI is InChI=1S/C21H23N3O/c25-14-5-3-1-2-4-8-21-23-16-20(24-21)18-11-9-17(10-12-18)19-7-6-13-22-15-19/h6-7,9-16H,1-5,8H2,(H,23,24). The Morgan fingerprint density at radius 3 is 2.44 bits per heavy atom. The number of imidazole rings is 1. The summed E-state index contributed by atoms with van der Waals surface area (Å²) >= 11 is 0. The quantitative estimate of drug-likeness (QED) is 0.451. The molecule has 0 spiro atoms. The Balaban J connectivity index is 1.56. The van der Waals surface area contributed by atoms with Crippen molar-refractivity contribution in [1.29, 1.82) is 0 Å². The summed E-state index contributed by atoms with van der Waals surface area (Å²) in [6.45, 7) is 0. The number of pyridine rings is 1. The van der Waals surface area contributed by atoms with Crippen LogP contribution in [0, 0.1) is 0 Å². The molecule has 0 radical (unpaired) electrons. The number of aromatic nitrogens is 3. The smallest absolute Gasteiger partial charge is 0.119 e. The maximum Gasteiger partial charge on any atom is 0.119 e. The molecule has 25 heavy (non-hydrogen) atoms. The van der Waals surface area contributed by atoms with Gasteiger partial charge >= 0.3 is 0 Å². The predicted molar refractivity (Wildman–Crippen MR) is 100 cm³/mol. The average Bonchev–Trinajstić information content (AvgIpc) is 3.14. The minimum Gasteiger partial charge on any atom is -0.342 e. The van der Waals surface area contributed by atoms with Gasteiger partial charge < -0.3 is 9.78 Å². The van der Waals surface area contributed by atoms with Crippen molar-refractivity contribution in [2.24, 2.45) is 0 Å². The van der Waals surface area contributed by atoms with Crippen molar-refractivity contribution >= 4 is 6.29 Å². The molecule has 0 saturated heterocycles. The lowest BCUT2D eigenvalue weighted by Gasteiger charge is -2.03. The molecular formula is C21H23N3O. The molecule has 0 aliphatic rings. The van der Waals surface area contributed by atoms with Gasteiger partial charge in [-0.3, -0.25) is 4.98 Å². The Labute approximate surface area is 148 Å². The summed E-state index contributed by atoms with van der Waals surface area (Å²) in [5, 5.41) is 0. The van der Waals surface area contributed by atoms with Crippen molar-refractivity contribution in [3.63, 3.8) is 0 Å². The molecule has 2 aromatic heterocycles. The second-order valence-electron chi connectivity index (χ2n) is 6.18. The molecule has 0 bridgehead atoms. The van der Waals surface area contributed by atoms with Crippen LogP contribution in [0.15, 0.2) is 55.0 Å². The van der Waals surface area contributed by atoms with Gasteiger partial charge in [0.1, 0.15) is 12.1 Å². The molecule has 4 nitrogen and oxygen atoms in total. The number of nitrogens with one attached hydrogen (secondary N) is 1.